The third-order valence-electron chi connectivity index (χ3n) is 3.71. The van der Waals surface area contributed by atoms with E-state index in [0.29, 0.717) is 0 Å². The van der Waals surface area contributed by atoms with E-state index in [1.54, 1.807) is 0 Å². The van der Waals surface area contributed by atoms with Gasteiger partial charge in [0.15, 0.2) is 0 Å². The maximum atomic E-state index is 5.77. The van der Waals surface area contributed by atoms with Crippen LogP contribution in [0.25, 0.3) is 0 Å². The SMILES string of the molecule is C1CNCC(COCCCN2CCCC2)C1. The molecule has 3 nitrogen and oxygen atoms in total. The molecule has 0 bridgehead atoms. The van der Waals surface area contributed by atoms with Crippen LogP contribution in [0.1, 0.15) is 32.1 Å². The molecule has 0 aliphatic carbocycles. The molecule has 2 saturated heterocycles. The number of piperidine rings is 1. The Morgan fingerprint density at radius 3 is 2.81 bits per heavy atom. The largest absolute Gasteiger partial charge is 0.381 e. The standard InChI is InChI=1S/C13H26N2O/c1-2-8-15(7-1)9-4-10-16-12-13-5-3-6-14-11-13/h13-14H,1-12H2. The van der Waals surface area contributed by atoms with Crippen molar-refractivity contribution in [2.45, 2.75) is 32.1 Å². The second-order valence-corrected chi connectivity index (χ2v) is 5.19. The van der Waals surface area contributed by atoms with E-state index >= 15 is 0 Å². The second-order valence-electron chi connectivity index (χ2n) is 5.19. The summed E-state index contributed by atoms with van der Waals surface area (Å²) in [5, 5.41) is 3.43. The lowest BCUT2D eigenvalue weighted by molar-refractivity contribution is 0.0833. The van der Waals surface area contributed by atoms with E-state index < -0.39 is 0 Å². The maximum absolute atomic E-state index is 5.77. The highest BCUT2D eigenvalue weighted by Gasteiger charge is 2.13. The molecule has 2 heterocycles. The van der Waals surface area contributed by atoms with Gasteiger partial charge in [0.1, 0.15) is 0 Å². The number of ether oxygens (including phenoxy) is 1. The number of hydrogen-bond acceptors (Lipinski definition) is 3. The van der Waals surface area contributed by atoms with Gasteiger partial charge in [0.05, 0.1) is 6.61 Å². The second kappa shape index (κ2) is 7.25. The van der Waals surface area contributed by atoms with Gasteiger partial charge in [-0.1, -0.05) is 0 Å². The molecular formula is C13H26N2O. The van der Waals surface area contributed by atoms with Crippen molar-refractivity contribution >= 4 is 0 Å². The van der Waals surface area contributed by atoms with E-state index in [-0.39, 0.29) is 0 Å². The molecule has 0 aromatic heterocycles. The van der Waals surface area contributed by atoms with Crippen molar-refractivity contribution in [3.05, 3.63) is 0 Å². The Kier molecular flexibility index (Phi) is 5.59. The first-order chi connectivity index (χ1) is 7.95. The van der Waals surface area contributed by atoms with Gasteiger partial charge in [-0.25, -0.2) is 0 Å². The predicted octanol–water partition coefficient (Wildman–Crippen LogP) is 1.49. The maximum Gasteiger partial charge on any atom is 0.0506 e. The third kappa shape index (κ3) is 4.40. The molecule has 0 amide bonds. The molecule has 2 fully saturated rings. The van der Waals surface area contributed by atoms with Crippen LogP contribution in [0.4, 0.5) is 0 Å². The Bertz CT molecular complexity index is 175. The van der Waals surface area contributed by atoms with Crippen molar-refractivity contribution in [1.29, 1.82) is 0 Å². The Morgan fingerprint density at radius 1 is 1.19 bits per heavy atom. The van der Waals surface area contributed by atoms with E-state index in [2.05, 4.69) is 10.2 Å². The molecule has 2 rings (SSSR count). The van der Waals surface area contributed by atoms with Gasteiger partial charge >= 0.3 is 0 Å². The third-order valence-corrected chi connectivity index (χ3v) is 3.71. The summed E-state index contributed by atoms with van der Waals surface area (Å²) in [7, 11) is 0. The molecule has 1 unspecified atom stereocenters. The van der Waals surface area contributed by atoms with Crippen LogP contribution in [-0.2, 0) is 4.74 Å². The van der Waals surface area contributed by atoms with Crippen molar-refractivity contribution < 1.29 is 4.74 Å². The van der Waals surface area contributed by atoms with Gasteiger partial charge in [-0.15, -0.1) is 0 Å². The van der Waals surface area contributed by atoms with Gasteiger partial charge in [0, 0.05) is 19.7 Å². The van der Waals surface area contributed by atoms with E-state index in [4.69, 9.17) is 4.74 Å². The summed E-state index contributed by atoms with van der Waals surface area (Å²) in [5.74, 6) is 0.764. The molecular weight excluding hydrogens is 200 g/mol. The van der Waals surface area contributed by atoms with E-state index in [9.17, 15) is 0 Å². The number of hydrogen-bond donors (Lipinski definition) is 1. The quantitative estimate of drug-likeness (QED) is 0.695. The average Bonchev–Trinajstić information content (AvgIpc) is 2.83. The summed E-state index contributed by atoms with van der Waals surface area (Å²) in [5.41, 5.74) is 0. The Morgan fingerprint density at radius 2 is 2.06 bits per heavy atom. The highest BCUT2D eigenvalue weighted by molar-refractivity contribution is 4.68. The summed E-state index contributed by atoms with van der Waals surface area (Å²) < 4.78 is 5.77. The lowest BCUT2D eigenvalue weighted by Crippen LogP contribution is -2.32. The van der Waals surface area contributed by atoms with E-state index in [1.165, 1.54) is 58.3 Å². The molecule has 2 aliphatic heterocycles. The Labute approximate surface area is 99.5 Å². The molecule has 94 valence electrons. The predicted molar refractivity (Wildman–Crippen MR) is 66.7 cm³/mol. The summed E-state index contributed by atoms with van der Waals surface area (Å²) in [6.45, 7) is 8.14. The number of nitrogens with zero attached hydrogens (tertiary/aromatic N) is 1. The molecule has 1 N–H and O–H groups in total. The highest BCUT2D eigenvalue weighted by Crippen LogP contribution is 2.10. The molecule has 0 spiro atoms. The van der Waals surface area contributed by atoms with Crippen molar-refractivity contribution in [3.63, 3.8) is 0 Å². The number of nitrogens with one attached hydrogen (secondary N) is 1. The average molecular weight is 226 g/mol. The van der Waals surface area contributed by atoms with Gasteiger partial charge in [0.25, 0.3) is 0 Å². The monoisotopic (exact) mass is 226 g/mol. The van der Waals surface area contributed by atoms with Gasteiger partial charge in [-0.2, -0.15) is 0 Å². The molecule has 0 aromatic rings. The van der Waals surface area contributed by atoms with Crippen LogP contribution in [0.2, 0.25) is 0 Å². The zero-order chi connectivity index (χ0) is 11.1. The zero-order valence-electron chi connectivity index (χ0n) is 10.4. The van der Waals surface area contributed by atoms with Gasteiger partial charge in [0.2, 0.25) is 0 Å². The van der Waals surface area contributed by atoms with Crippen molar-refractivity contribution in [2.24, 2.45) is 5.92 Å². The zero-order valence-corrected chi connectivity index (χ0v) is 10.4. The first-order valence-electron chi connectivity index (χ1n) is 6.96. The smallest absolute Gasteiger partial charge is 0.0506 e. The summed E-state index contributed by atoms with van der Waals surface area (Å²) >= 11 is 0. The molecule has 1 atom stereocenters. The number of likely N-dealkylation sites (tertiary alicyclic amines) is 1. The molecule has 2 aliphatic rings. The molecule has 3 heteroatoms. The first kappa shape index (κ1) is 12.3. The Balaban J connectivity index is 1.42. The lowest BCUT2D eigenvalue weighted by atomic mass is 10.0. The van der Waals surface area contributed by atoms with E-state index in [1.807, 2.05) is 0 Å². The fourth-order valence-electron chi connectivity index (χ4n) is 2.71. The van der Waals surface area contributed by atoms with Crippen molar-refractivity contribution in [3.8, 4) is 0 Å². The highest BCUT2D eigenvalue weighted by atomic mass is 16.5. The van der Waals surface area contributed by atoms with Crippen LogP contribution in [0.5, 0.6) is 0 Å². The van der Waals surface area contributed by atoms with Crippen molar-refractivity contribution in [2.75, 3.05) is 45.9 Å². The fourth-order valence-corrected chi connectivity index (χ4v) is 2.71. The van der Waals surface area contributed by atoms with Crippen LogP contribution in [0.15, 0.2) is 0 Å². The van der Waals surface area contributed by atoms with E-state index in [0.717, 1.165) is 25.7 Å². The minimum Gasteiger partial charge on any atom is -0.381 e. The van der Waals surface area contributed by atoms with Crippen LogP contribution in [0.3, 0.4) is 0 Å². The van der Waals surface area contributed by atoms with Crippen LogP contribution in [-0.4, -0.2) is 50.8 Å². The van der Waals surface area contributed by atoms with Crippen LogP contribution in [0, 0.1) is 5.92 Å². The summed E-state index contributed by atoms with van der Waals surface area (Å²) in [6.07, 6.45) is 6.67. The van der Waals surface area contributed by atoms with Crippen LogP contribution >= 0.6 is 0 Å². The van der Waals surface area contributed by atoms with Crippen molar-refractivity contribution in [1.82, 2.24) is 10.2 Å². The molecule has 0 radical (unpaired) electrons. The number of rotatable bonds is 6. The Hall–Kier alpha value is -0.120. The topological polar surface area (TPSA) is 24.5 Å². The molecule has 16 heavy (non-hydrogen) atoms. The molecule has 0 aromatic carbocycles. The minimum atomic E-state index is 0.764. The first-order valence-corrected chi connectivity index (χ1v) is 6.96. The minimum absolute atomic E-state index is 0.764. The normalized spacial score (nSPS) is 27.4. The summed E-state index contributed by atoms with van der Waals surface area (Å²) in [4.78, 5) is 2.56. The van der Waals surface area contributed by atoms with Gasteiger partial charge in [-0.05, 0) is 57.7 Å². The fraction of sp³-hybridized carbons (Fsp3) is 1.00. The summed E-state index contributed by atoms with van der Waals surface area (Å²) in [6, 6.07) is 0. The van der Waals surface area contributed by atoms with Gasteiger partial charge < -0.3 is 15.0 Å². The molecule has 0 saturated carbocycles. The van der Waals surface area contributed by atoms with Gasteiger partial charge in [-0.3, -0.25) is 0 Å². The lowest BCUT2D eigenvalue weighted by Gasteiger charge is -2.22. The van der Waals surface area contributed by atoms with Crippen LogP contribution < -0.4 is 5.32 Å².